The van der Waals surface area contributed by atoms with Crippen LogP contribution in [0, 0.1) is 0 Å². The molecule has 110 valence electrons. The highest BCUT2D eigenvalue weighted by Gasteiger charge is 2.38. The van der Waals surface area contributed by atoms with Gasteiger partial charge >= 0.3 is 0 Å². The standard InChI is InChI=1S/C16H24N2O2/c1-16(2)12-20-14(13-7-4-3-5-8-13)11-18(16)15(19)9-6-10-17/h3-5,7-8,14H,6,9-12,17H2,1-2H3/t14-/m1/s1. The Morgan fingerprint density at radius 3 is 2.75 bits per heavy atom. The fraction of sp³-hybridized carbons (Fsp3) is 0.562. The molecule has 1 fully saturated rings. The average molecular weight is 276 g/mol. The Bertz CT molecular complexity index is 445. The van der Waals surface area contributed by atoms with E-state index in [1.54, 1.807) is 0 Å². The van der Waals surface area contributed by atoms with Crippen LogP contribution in [-0.4, -0.2) is 36.0 Å². The number of hydrogen-bond donors (Lipinski definition) is 1. The number of hydrogen-bond acceptors (Lipinski definition) is 3. The monoisotopic (exact) mass is 276 g/mol. The lowest BCUT2D eigenvalue weighted by atomic mass is 9.97. The first-order valence-electron chi connectivity index (χ1n) is 7.21. The van der Waals surface area contributed by atoms with Gasteiger partial charge < -0.3 is 15.4 Å². The van der Waals surface area contributed by atoms with Gasteiger partial charge in [-0.2, -0.15) is 0 Å². The summed E-state index contributed by atoms with van der Waals surface area (Å²) in [6, 6.07) is 10.1. The Kier molecular flexibility index (Phi) is 4.78. The number of nitrogens with zero attached hydrogens (tertiary/aromatic N) is 1. The number of carbonyl (C=O) groups is 1. The van der Waals surface area contributed by atoms with Gasteiger partial charge in [0.15, 0.2) is 0 Å². The Morgan fingerprint density at radius 1 is 1.40 bits per heavy atom. The minimum absolute atomic E-state index is 0.0361. The zero-order valence-corrected chi connectivity index (χ0v) is 12.3. The summed E-state index contributed by atoms with van der Waals surface area (Å²) < 4.78 is 5.95. The molecule has 4 nitrogen and oxygen atoms in total. The molecule has 1 aliphatic heterocycles. The molecule has 0 aromatic heterocycles. The summed E-state index contributed by atoms with van der Waals surface area (Å²) in [5.74, 6) is 0.171. The SMILES string of the molecule is CC1(C)CO[C@@H](c2ccccc2)CN1C(=O)CCCN. The highest BCUT2D eigenvalue weighted by Crippen LogP contribution is 2.30. The van der Waals surface area contributed by atoms with Gasteiger partial charge in [0.1, 0.15) is 6.10 Å². The Hall–Kier alpha value is -1.39. The molecule has 20 heavy (non-hydrogen) atoms. The number of ether oxygens (including phenoxy) is 1. The Morgan fingerprint density at radius 2 is 2.10 bits per heavy atom. The molecule has 1 aliphatic rings. The highest BCUT2D eigenvalue weighted by molar-refractivity contribution is 5.77. The fourth-order valence-electron chi connectivity index (χ4n) is 2.55. The van der Waals surface area contributed by atoms with E-state index in [4.69, 9.17) is 10.5 Å². The number of nitrogens with two attached hydrogens (primary N) is 1. The second kappa shape index (κ2) is 6.37. The van der Waals surface area contributed by atoms with Gasteiger partial charge in [-0.1, -0.05) is 30.3 Å². The van der Waals surface area contributed by atoms with Crippen molar-refractivity contribution in [3.63, 3.8) is 0 Å². The average Bonchev–Trinajstić information content (AvgIpc) is 2.45. The normalized spacial score (nSPS) is 21.8. The van der Waals surface area contributed by atoms with Crippen LogP contribution in [0.1, 0.15) is 38.4 Å². The number of carbonyl (C=O) groups excluding carboxylic acids is 1. The summed E-state index contributed by atoms with van der Waals surface area (Å²) in [4.78, 5) is 14.3. The summed E-state index contributed by atoms with van der Waals surface area (Å²) in [5, 5.41) is 0. The van der Waals surface area contributed by atoms with Crippen LogP contribution in [0.5, 0.6) is 0 Å². The molecule has 0 saturated carbocycles. The van der Waals surface area contributed by atoms with Crippen molar-refractivity contribution in [3.05, 3.63) is 35.9 Å². The van der Waals surface area contributed by atoms with Crippen molar-refractivity contribution in [2.45, 2.75) is 38.3 Å². The van der Waals surface area contributed by atoms with E-state index in [1.807, 2.05) is 35.2 Å². The van der Waals surface area contributed by atoms with Crippen molar-refractivity contribution in [2.75, 3.05) is 19.7 Å². The van der Waals surface area contributed by atoms with E-state index >= 15 is 0 Å². The maximum atomic E-state index is 12.4. The molecule has 0 aliphatic carbocycles. The molecule has 1 amide bonds. The van der Waals surface area contributed by atoms with Gasteiger partial charge in [-0.05, 0) is 32.4 Å². The first kappa shape index (κ1) is 15.0. The third-order valence-electron chi connectivity index (χ3n) is 3.78. The fourth-order valence-corrected chi connectivity index (χ4v) is 2.55. The van der Waals surface area contributed by atoms with Crippen molar-refractivity contribution in [1.82, 2.24) is 4.90 Å². The number of morpholine rings is 1. The first-order chi connectivity index (χ1) is 9.54. The van der Waals surface area contributed by atoms with Crippen molar-refractivity contribution in [3.8, 4) is 0 Å². The van der Waals surface area contributed by atoms with Crippen LogP contribution >= 0.6 is 0 Å². The maximum absolute atomic E-state index is 12.4. The third kappa shape index (κ3) is 3.38. The molecule has 1 aromatic carbocycles. The van der Waals surface area contributed by atoms with Gasteiger partial charge in [0.2, 0.25) is 5.91 Å². The maximum Gasteiger partial charge on any atom is 0.223 e. The third-order valence-corrected chi connectivity index (χ3v) is 3.78. The first-order valence-corrected chi connectivity index (χ1v) is 7.21. The minimum atomic E-state index is -0.253. The predicted molar refractivity (Wildman–Crippen MR) is 79.2 cm³/mol. The molecule has 0 radical (unpaired) electrons. The number of amides is 1. The smallest absolute Gasteiger partial charge is 0.223 e. The number of benzene rings is 1. The predicted octanol–water partition coefficient (Wildman–Crippen LogP) is 2.10. The summed E-state index contributed by atoms with van der Waals surface area (Å²) in [6.45, 7) is 5.82. The molecular formula is C16H24N2O2. The van der Waals surface area contributed by atoms with Gasteiger partial charge in [-0.15, -0.1) is 0 Å². The van der Waals surface area contributed by atoms with Crippen LogP contribution in [0.15, 0.2) is 30.3 Å². The van der Waals surface area contributed by atoms with Crippen LogP contribution in [0.25, 0.3) is 0 Å². The second-order valence-corrected chi connectivity index (χ2v) is 5.92. The van der Waals surface area contributed by atoms with Crippen molar-refractivity contribution in [1.29, 1.82) is 0 Å². The number of rotatable bonds is 4. The molecule has 4 heteroatoms. The molecule has 0 unspecified atom stereocenters. The second-order valence-electron chi connectivity index (χ2n) is 5.92. The van der Waals surface area contributed by atoms with Gasteiger partial charge in [0, 0.05) is 6.42 Å². The lowest BCUT2D eigenvalue weighted by Crippen LogP contribution is -2.56. The largest absolute Gasteiger partial charge is 0.369 e. The van der Waals surface area contributed by atoms with Gasteiger partial charge in [0.25, 0.3) is 0 Å². The van der Waals surface area contributed by atoms with Crippen LogP contribution in [-0.2, 0) is 9.53 Å². The van der Waals surface area contributed by atoms with E-state index in [1.165, 1.54) is 0 Å². The van der Waals surface area contributed by atoms with E-state index in [9.17, 15) is 4.79 Å². The summed E-state index contributed by atoms with van der Waals surface area (Å²) in [5.41, 5.74) is 6.37. The van der Waals surface area contributed by atoms with Crippen molar-refractivity contribution < 1.29 is 9.53 Å². The lowest BCUT2D eigenvalue weighted by Gasteiger charge is -2.45. The molecule has 0 bridgehead atoms. The quantitative estimate of drug-likeness (QED) is 0.916. The zero-order chi connectivity index (χ0) is 14.6. The van der Waals surface area contributed by atoms with Crippen molar-refractivity contribution >= 4 is 5.91 Å². The van der Waals surface area contributed by atoms with E-state index in [2.05, 4.69) is 13.8 Å². The Balaban J connectivity index is 2.10. The van der Waals surface area contributed by atoms with Gasteiger partial charge in [-0.3, -0.25) is 4.79 Å². The molecule has 2 N–H and O–H groups in total. The van der Waals surface area contributed by atoms with Crippen LogP contribution in [0.3, 0.4) is 0 Å². The molecule has 1 heterocycles. The summed E-state index contributed by atoms with van der Waals surface area (Å²) >= 11 is 0. The molecule has 1 aromatic rings. The van der Waals surface area contributed by atoms with Crippen LogP contribution < -0.4 is 5.73 Å². The van der Waals surface area contributed by atoms with Crippen LogP contribution in [0.2, 0.25) is 0 Å². The van der Waals surface area contributed by atoms with E-state index < -0.39 is 0 Å². The molecule has 1 atom stereocenters. The molecular weight excluding hydrogens is 252 g/mol. The summed E-state index contributed by atoms with van der Waals surface area (Å²) in [7, 11) is 0. The summed E-state index contributed by atoms with van der Waals surface area (Å²) in [6.07, 6.45) is 1.22. The molecule has 2 rings (SSSR count). The Labute approximate surface area is 120 Å². The molecule has 0 spiro atoms. The van der Waals surface area contributed by atoms with E-state index in [-0.39, 0.29) is 17.6 Å². The molecule has 1 saturated heterocycles. The topological polar surface area (TPSA) is 55.6 Å². The zero-order valence-electron chi connectivity index (χ0n) is 12.3. The van der Waals surface area contributed by atoms with E-state index in [0.29, 0.717) is 26.1 Å². The van der Waals surface area contributed by atoms with E-state index in [0.717, 1.165) is 12.0 Å². The minimum Gasteiger partial charge on any atom is -0.369 e. The van der Waals surface area contributed by atoms with Gasteiger partial charge in [0.05, 0.1) is 18.7 Å². The lowest BCUT2D eigenvalue weighted by molar-refractivity contribution is -0.155. The van der Waals surface area contributed by atoms with Gasteiger partial charge in [-0.25, -0.2) is 0 Å². The highest BCUT2D eigenvalue weighted by atomic mass is 16.5. The van der Waals surface area contributed by atoms with Crippen molar-refractivity contribution in [2.24, 2.45) is 5.73 Å². The van der Waals surface area contributed by atoms with Crippen LogP contribution in [0.4, 0.5) is 0 Å².